The molecule has 0 bridgehead atoms. The Labute approximate surface area is 196 Å². The van der Waals surface area contributed by atoms with E-state index in [1.54, 1.807) is 6.92 Å². The van der Waals surface area contributed by atoms with E-state index in [1.165, 1.54) is 17.8 Å². The van der Waals surface area contributed by atoms with Gasteiger partial charge in [-0.25, -0.2) is 18.7 Å². The zero-order valence-electron chi connectivity index (χ0n) is 18.0. The quantitative estimate of drug-likeness (QED) is 0.172. The fraction of sp³-hybridized carbons (Fsp3) is 0.615. The number of nitrogens with two attached hydrogens (primary N) is 2. The molecule has 1 saturated heterocycles. The molecule has 0 aromatic carbocycles. The number of phosphoric ester groups is 1. The van der Waals surface area contributed by atoms with Gasteiger partial charge in [-0.1, -0.05) is 0 Å². The maximum Gasteiger partial charge on any atom is 0.490 e. The van der Waals surface area contributed by atoms with Crippen LogP contribution in [0, 0.1) is 0 Å². The third kappa shape index (κ3) is 6.42. The molecule has 2 unspecified atom stereocenters. The van der Waals surface area contributed by atoms with Crippen molar-refractivity contribution in [1.29, 1.82) is 0 Å². The average molecular weight is 564 g/mol. The van der Waals surface area contributed by atoms with E-state index >= 15 is 0 Å². The number of anilines is 1. The number of ether oxygens (including phenoxy) is 2. The molecule has 3 heterocycles. The van der Waals surface area contributed by atoms with Crippen LogP contribution in [0.25, 0.3) is 11.2 Å². The van der Waals surface area contributed by atoms with Crippen LogP contribution in [-0.4, -0.2) is 75.2 Å². The number of phosphoric acid groups is 3. The Morgan fingerprint density at radius 3 is 2.43 bits per heavy atom. The van der Waals surface area contributed by atoms with Crippen LogP contribution < -0.4 is 16.2 Å². The molecular weight excluding hydrogens is 541 g/mol. The second-order valence-corrected chi connectivity index (χ2v) is 11.8. The molecule has 1 aliphatic heterocycles. The van der Waals surface area contributed by atoms with Gasteiger partial charge in [0.05, 0.1) is 25.1 Å². The molecule has 0 spiro atoms. The molecule has 1 aliphatic rings. The molecule has 35 heavy (non-hydrogen) atoms. The molecule has 2 aromatic rings. The summed E-state index contributed by atoms with van der Waals surface area (Å²) in [6.45, 7) is 2.46. The largest absolute Gasteiger partial charge is 0.490 e. The Hall–Kier alpha value is -1.56. The standard InChI is InChI=1S/C13H23N6O13P3/c1-3-28-10-7-9(17-12(14)18-10)19(5-16-7)11-13(2,15)8(20)6(30-11)4-29-34(24,25)32-35(26,27)31-33(21,22)23/h5-6,8,11,20H,3-4,15H2,1-2H3,(H,24,25)(H,26,27)(H2,14,17,18)(H2,21,22,23)/t6-,8-,11-,13-/m1/s1. The zero-order valence-corrected chi connectivity index (χ0v) is 20.7. The Balaban J connectivity index is 1.80. The topological polar surface area (TPSA) is 294 Å². The second-order valence-electron chi connectivity index (χ2n) is 7.37. The first-order valence-corrected chi connectivity index (χ1v) is 14.0. The van der Waals surface area contributed by atoms with Crippen LogP contribution in [0.4, 0.5) is 5.95 Å². The molecule has 0 amide bonds. The number of aromatic nitrogens is 4. The van der Waals surface area contributed by atoms with Crippen molar-refractivity contribution in [3.05, 3.63) is 6.33 Å². The SMILES string of the molecule is CCOc1nc(N)nc2c1ncn2[C@@H]1O[C@H](COP(=O)(O)OP(=O)(O)OP(=O)(O)O)[C@@H](O)[C@@]1(C)N. The predicted molar refractivity (Wildman–Crippen MR) is 113 cm³/mol. The average Bonchev–Trinajstić information content (AvgIpc) is 3.17. The summed E-state index contributed by atoms with van der Waals surface area (Å²) < 4.78 is 58.4. The van der Waals surface area contributed by atoms with E-state index in [-0.39, 0.29) is 29.6 Å². The van der Waals surface area contributed by atoms with Crippen LogP contribution in [0.15, 0.2) is 6.33 Å². The molecule has 1 fully saturated rings. The van der Waals surface area contributed by atoms with E-state index in [9.17, 15) is 28.6 Å². The lowest BCUT2D eigenvalue weighted by molar-refractivity contribution is -0.0447. The molecule has 0 saturated carbocycles. The number of aliphatic hydroxyl groups excluding tert-OH is 1. The summed E-state index contributed by atoms with van der Waals surface area (Å²) in [5.41, 5.74) is 10.8. The normalized spacial score (nSPS) is 28.6. The highest BCUT2D eigenvalue weighted by Crippen LogP contribution is 2.66. The summed E-state index contributed by atoms with van der Waals surface area (Å²) in [6.07, 6.45) is -2.85. The van der Waals surface area contributed by atoms with Gasteiger partial charge in [-0.2, -0.15) is 18.6 Å². The summed E-state index contributed by atoms with van der Waals surface area (Å²) in [5.74, 6) is -0.0561. The highest BCUT2D eigenvalue weighted by Gasteiger charge is 2.53. The first-order chi connectivity index (χ1) is 16.0. The van der Waals surface area contributed by atoms with Crippen molar-refractivity contribution in [2.45, 2.75) is 37.8 Å². The fourth-order valence-electron chi connectivity index (χ4n) is 3.22. The number of fused-ring (bicyclic) bond motifs is 1. The van der Waals surface area contributed by atoms with Crippen molar-refractivity contribution in [3.63, 3.8) is 0 Å². The van der Waals surface area contributed by atoms with E-state index in [2.05, 4.69) is 28.1 Å². The van der Waals surface area contributed by atoms with E-state index in [0.717, 1.165) is 0 Å². The van der Waals surface area contributed by atoms with Crippen LogP contribution in [-0.2, 0) is 31.6 Å². The lowest BCUT2D eigenvalue weighted by Crippen LogP contribution is -2.52. The Bertz CT molecular complexity index is 1230. The molecule has 0 aliphatic carbocycles. The summed E-state index contributed by atoms with van der Waals surface area (Å²) in [7, 11) is -16.7. The van der Waals surface area contributed by atoms with Crippen LogP contribution in [0.2, 0.25) is 0 Å². The molecule has 0 radical (unpaired) electrons. The van der Waals surface area contributed by atoms with Gasteiger partial charge in [0.2, 0.25) is 11.8 Å². The van der Waals surface area contributed by atoms with E-state index < -0.39 is 54.0 Å². The zero-order chi connectivity index (χ0) is 26.4. The van der Waals surface area contributed by atoms with Crippen molar-refractivity contribution in [1.82, 2.24) is 19.5 Å². The summed E-state index contributed by atoms with van der Waals surface area (Å²) >= 11 is 0. The molecule has 2 aromatic heterocycles. The van der Waals surface area contributed by atoms with Crippen molar-refractivity contribution >= 4 is 40.6 Å². The van der Waals surface area contributed by atoms with Crippen LogP contribution in [0.1, 0.15) is 20.1 Å². The molecule has 3 rings (SSSR count). The van der Waals surface area contributed by atoms with Gasteiger partial charge in [-0.05, 0) is 13.8 Å². The maximum atomic E-state index is 12.0. The monoisotopic (exact) mass is 564 g/mol. The minimum absolute atomic E-state index is 0.0928. The van der Waals surface area contributed by atoms with Crippen molar-refractivity contribution in [2.24, 2.45) is 5.73 Å². The summed E-state index contributed by atoms with van der Waals surface area (Å²) in [5, 5.41) is 10.6. The number of aliphatic hydroxyl groups is 1. The van der Waals surface area contributed by atoms with Crippen LogP contribution >= 0.6 is 23.5 Å². The Kier molecular flexibility index (Phi) is 7.78. The third-order valence-corrected chi connectivity index (χ3v) is 8.39. The first kappa shape index (κ1) is 28.0. The Morgan fingerprint density at radius 1 is 1.17 bits per heavy atom. The second kappa shape index (κ2) is 9.72. The highest BCUT2D eigenvalue weighted by atomic mass is 31.3. The highest BCUT2D eigenvalue weighted by molar-refractivity contribution is 7.66. The van der Waals surface area contributed by atoms with Gasteiger partial charge in [-0.3, -0.25) is 9.09 Å². The number of nitrogen functional groups attached to an aromatic ring is 1. The minimum Gasteiger partial charge on any atom is -0.476 e. The molecule has 6 atom stereocenters. The number of rotatable bonds is 10. The minimum atomic E-state index is -5.71. The van der Waals surface area contributed by atoms with Crippen LogP contribution in [0.3, 0.4) is 0 Å². The predicted octanol–water partition coefficient (Wildman–Crippen LogP) is -0.874. The van der Waals surface area contributed by atoms with Gasteiger partial charge in [-0.15, -0.1) is 0 Å². The molecular formula is C13H23N6O13P3. The van der Waals surface area contributed by atoms with Gasteiger partial charge in [0, 0.05) is 0 Å². The van der Waals surface area contributed by atoms with E-state index in [4.69, 9.17) is 30.7 Å². The summed E-state index contributed by atoms with van der Waals surface area (Å²) in [4.78, 5) is 48.2. The third-order valence-electron chi connectivity index (χ3n) is 4.58. The van der Waals surface area contributed by atoms with Crippen molar-refractivity contribution in [2.75, 3.05) is 18.9 Å². The van der Waals surface area contributed by atoms with Gasteiger partial charge in [0.15, 0.2) is 17.4 Å². The smallest absolute Gasteiger partial charge is 0.476 e. The summed E-state index contributed by atoms with van der Waals surface area (Å²) in [6, 6.07) is 0. The van der Waals surface area contributed by atoms with E-state index in [0.29, 0.717) is 0 Å². The number of nitrogens with zero attached hydrogens (tertiary/aromatic N) is 4. The van der Waals surface area contributed by atoms with E-state index in [1.807, 2.05) is 0 Å². The van der Waals surface area contributed by atoms with Gasteiger partial charge < -0.3 is 45.6 Å². The lowest BCUT2D eigenvalue weighted by Gasteiger charge is -2.28. The molecule has 198 valence electrons. The number of imidazole rings is 1. The number of hydrogen-bond acceptors (Lipinski definition) is 14. The van der Waals surface area contributed by atoms with Gasteiger partial charge in [0.1, 0.15) is 12.2 Å². The Morgan fingerprint density at radius 2 is 1.83 bits per heavy atom. The van der Waals surface area contributed by atoms with Crippen LogP contribution in [0.5, 0.6) is 5.88 Å². The molecule has 9 N–H and O–H groups in total. The molecule has 19 nitrogen and oxygen atoms in total. The number of hydrogen-bond donors (Lipinski definition) is 7. The van der Waals surface area contributed by atoms with Gasteiger partial charge in [0.25, 0.3) is 0 Å². The molecule has 22 heteroatoms. The lowest BCUT2D eigenvalue weighted by atomic mass is 9.93. The first-order valence-electron chi connectivity index (χ1n) is 9.49. The van der Waals surface area contributed by atoms with Crippen molar-refractivity contribution < 1.29 is 61.0 Å². The van der Waals surface area contributed by atoms with Crippen molar-refractivity contribution in [3.8, 4) is 5.88 Å². The van der Waals surface area contributed by atoms with Gasteiger partial charge >= 0.3 is 23.5 Å². The fourth-order valence-corrected chi connectivity index (χ4v) is 6.25. The maximum absolute atomic E-state index is 12.0.